The molecule has 3 aromatic carbocycles. The number of phenolic OH excluding ortho intramolecular Hbond substituents is 1. The van der Waals surface area contributed by atoms with E-state index in [9.17, 15) is 14.7 Å². The molecular weight excluding hydrogens is 446 g/mol. The van der Waals surface area contributed by atoms with E-state index in [1.807, 2.05) is 31.2 Å². The minimum Gasteiger partial charge on any atom is -0.508 e. The van der Waals surface area contributed by atoms with Gasteiger partial charge in [-0.1, -0.05) is 29.8 Å². The van der Waals surface area contributed by atoms with Crippen molar-refractivity contribution in [1.82, 2.24) is 4.90 Å². The number of fused-ring (bicyclic) bond motifs is 2. The van der Waals surface area contributed by atoms with Gasteiger partial charge in [-0.05, 0) is 60.9 Å². The Hall–Kier alpha value is -4.26. The summed E-state index contributed by atoms with van der Waals surface area (Å²) in [6.45, 7) is 2.23. The second kappa shape index (κ2) is 8.83. The number of ether oxygens (including phenoxy) is 2. The van der Waals surface area contributed by atoms with Crippen molar-refractivity contribution in [3.8, 4) is 17.2 Å². The Balaban J connectivity index is 1.59. The monoisotopic (exact) mass is 471 g/mol. The molecule has 1 aliphatic heterocycles. The fourth-order valence-corrected chi connectivity index (χ4v) is 4.69. The lowest BCUT2D eigenvalue weighted by Gasteiger charge is -2.25. The van der Waals surface area contributed by atoms with Crippen molar-refractivity contribution in [2.45, 2.75) is 19.4 Å². The lowest BCUT2D eigenvalue weighted by Crippen LogP contribution is -2.31. The van der Waals surface area contributed by atoms with Gasteiger partial charge in [-0.25, -0.2) is 0 Å². The number of methoxy groups -OCH3 is 2. The molecule has 0 fully saturated rings. The molecule has 35 heavy (non-hydrogen) atoms. The minimum absolute atomic E-state index is 0.0482. The van der Waals surface area contributed by atoms with Gasteiger partial charge in [0.15, 0.2) is 16.9 Å². The maximum Gasteiger partial charge on any atom is 0.290 e. The van der Waals surface area contributed by atoms with Crippen LogP contribution in [0.4, 0.5) is 0 Å². The number of nitrogens with zero attached hydrogens (tertiary/aromatic N) is 1. The third kappa shape index (κ3) is 3.89. The Morgan fingerprint density at radius 2 is 1.77 bits per heavy atom. The number of carbonyl (C=O) groups is 1. The molecule has 0 saturated carbocycles. The zero-order valence-electron chi connectivity index (χ0n) is 19.7. The highest BCUT2D eigenvalue weighted by atomic mass is 16.5. The highest BCUT2D eigenvalue weighted by molar-refractivity contribution is 5.99. The molecule has 4 aromatic rings. The maximum absolute atomic E-state index is 13.6. The van der Waals surface area contributed by atoms with E-state index < -0.39 is 6.04 Å². The van der Waals surface area contributed by atoms with Crippen LogP contribution in [0.15, 0.2) is 69.9 Å². The van der Waals surface area contributed by atoms with Crippen LogP contribution in [0.5, 0.6) is 17.2 Å². The van der Waals surface area contributed by atoms with Crippen LogP contribution in [0, 0.1) is 6.92 Å². The molecule has 1 atom stereocenters. The normalized spacial score (nSPS) is 14.9. The highest BCUT2D eigenvalue weighted by Crippen LogP contribution is 2.39. The van der Waals surface area contributed by atoms with Crippen LogP contribution in [0.2, 0.25) is 0 Å². The van der Waals surface area contributed by atoms with Crippen molar-refractivity contribution in [2.75, 3.05) is 20.8 Å². The number of aromatic hydroxyl groups is 1. The summed E-state index contributed by atoms with van der Waals surface area (Å²) in [7, 11) is 3.15. The Bertz CT molecular complexity index is 1510. The van der Waals surface area contributed by atoms with Crippen LogP contribution in [-0.2, 0) is 6.42 Å². The molecule has 0 bridgehead atoms. The zero-order chi connectivity index (χ0) is 24.7. The van der Waals surface area contributed by atoms with Gasteiger partial charge in [-0.15, -0.1) is 0 Å². The minimum atomic E-state index is -0.675. The SMILES string of the molecule is COc1ccc(CCN2C(=O)c3oc4ccc(C)cc4c(=O)c3[C@@H]2c2cccc(O)c2)cc1OC. The first kappa shape index (κ1) is 22.5. The molecule has 1 aromatic heterocycles. The van der Waals surface area contributed by atoms with Gasteiger partial charge in [-0.2, -0.15) is 0 Å². The summed E-state index contributed by atoms with van der Waals surface area (Å²) >= 11 is 0. The molecule has 0 spiro atoms. The summed E-state index contributed by atoms with van der Waals surface area (Å²) in [4.78, 5) is 28.8. The largest absolute Gasteiger partial charge is 0.508 e. The van der Waals surface area contributed by atoms with Crippen LogP contribution >= 0.6 is 0 Å². The van der Waals surface area contributed by atoms with Crippen LogP contribution in [0.25, 0.3) is 11.0 Å². The van der Waals surface area contributed by atoms with Crippen LogP contribution < -0.4 is 14.9 Å². The van der Waals surface area contributed by atoms with Crippen molar-refractivity contribution < 1.29 is 23.8 Å². The van der Waals surface area contributed by atoms with Gasteiger partial charge in [-0.3, -0.25) is 9.59 Å². The Kier molecular flexibility index (Phi) is 5.68. The van der Waals surface area contributed by atoms with E-state index in [0.717, 1.165) is 11.1 Å². The van der Waals surface area contributed by atoms with Crippen molar-refractivity contribution in [1.29, 1.82) is 0 Å². The molecule has 0 unspecified atom stereocenters. The summed E-state index contributed by atoms with van der Waals surface area (Å²) in [5.74, 6) is 0.976. The van der Waals surface area contributed by atoms with Crippen LogP contribution in [0.1, 0.15) is 38.9 Å². The van der Waals surface area contributed by atoms with Gasteiger partial charge in [0.05, 0.1) is 31.2 Å². The van der Waals surface area contributed by atoms with E-state index in [2.05, 4.69) is 0 Å². The lowest BCUT2D eigenvalue weighted by molar-refractivity contribution is 0.0730. The standard InChI is InChI=1S/C28H25NO6/c1-16-7-9-21-20(13-16)26(31)24-25(18-5-4-6-19(30)15-18)29(28(32)27(24)35-21)12-11-17-8-10-22(33-2)23(14-17)34-3/h4-10,13-15,25,30H,11-12H2,1-3H3/t25-/m0/s1. The van der Waals surface area contributed by atoms with Gasteiger partial charge in [0.1, 0.15) is 11.3 Å². The highest BCUT2D eigenvalue weighted by Gasteiger charge is 2.42. The molecule has 0 aliphatic carbocycles. The number of hydrogen-bond donors (Lipinski definition) is 1. The molecule has 1 amide bonds. The molecule has 2 heterocycles. The second-order valence-corrected chi connectivity index (χ2v) is 8.61. The average molecular weight is 472 g/mol. The first-order valence-electron chi connectivity index (χ1n) is 11.3. The smallest absolute Gasteiger partial charge is 0.290 e. The number of amides is 1. The molecule has 1 N–H and O–H groups in total. The first-order valence-corrected chi connectivity index (χ1v) is 11.3. The number of aryl methyl sites for hydroxylation is 1. The molecule has 5 rings (SSSR count). The summed E-state index contributed by atoms with van der Waals surface area (Å²) < 4.78 is 16.7. The number of hydrogen-bond acceptors (Lipinski definition) is 6. The molecule has 0 saturated heterocycles. The fraction of sp³-hybridized carbons (Fsp3) is 0.214. The zero-order valence-corrected chi connectivity index (χ0v) is 19.7. The van der Waals surface area contributed by atoms with Gasteiger partial charge in [0, 0.05) is 6.54 Å². The van der Waals surface area contributed by atoms with Gasteiger partial charge in [0.2, 0.25) is 5.76 Å². The van der Waals surface area contributed by atoms with Crippen LogP contribution in [0.3, 0.4) is 0 Å². The number of rotatable bonds is 6. The summed E-state index contributed by atoms with van der Waals surface area (Å²) in [5, 5.41) is 10.6. The number of benzene rings is 3. The Labute approximate surface area is 202 Å². The second-order valence-electron chi connectivity index (χ2n) is 8.61. The maximum atomic E-state index is 13.6. The number of phenols is 1. The average Bonchev–Trinajstić information content (AvgIpc) is 3.14. The molecule has 7 heteroatoms. The van der Waals surface area contributed by atoms with E-state index in [-0.39, 0.29) is 22.8 Å². The Morgan fingerprint density at radius 1 is 0.971 bits per heavy atom. The predicted octanol–water partition coefficient (Wildman–Crippen LogP) is 4.61. The number of carbonyl (C=O) groups excluding carboxylic acids is 1. The van der Waals surface area contributed by atoms with E-state index in [1.54, 1.807) is 55.5 Å². The van der Waals surface area contributed by atoms with Crippen molar-refractivity contribution in [3.05, 3.63) is 98.9 Å². The van der Waals surface area contributed by atoms with E-state index >= 15 is 0 Å². The van der Waals surface area contributed by atoms with Gasteiger partial charge >= 0.3 is 0 Å². The summed E-state index contributed by atoms with van der Waals surface area (Å²) in [6.07, 6.45) is 0.516. The van der Waals surface area contributed by atoms with Crippen molar-refractivity contribution >= 4 is 16.9 Å². The topological polar surface area (TPSA) is 89.2 Å². The summed E-state index contributed by atoms with van der Waals surface area (Å²) in [6, 6.07) is 16.9. The molecular formula is C28H25NO6. The quantitative estimate of drug-likeness (QED) is 0.442. The molecule has 178 valence electrons. The Morgan fingerprint density at radius 3 is 2.51 bits per heavy atom. The fourth-order valence-electron chi connectivity index (χ4n) is 4.69. The molecule has 7 nitrogen and oxygen atoms in total. The molecule has 0 radical (unpaired) electrons. The third-order valence-corrected chi connectivity index (χ3v) is 6.40. The summed E-state index contributed by atoms with van der Waals surface area (Å²) in [5.41, 5.74) is 2.95. The van der Waals surface area contributed by atoms with Crippen molar-refractivity contribution in [3.63, 3.8) is 0 Å². The van der Waals surface area contributed by atoms with E-state index in [4.69, 9.17) is 13.9 Å². The van der Waals surface area contributed by atoms with Gasteiger partial charge in [0.25, 0.3) is 5.91 Å². The molecule has 1 aliphatic rings. The van der Waals surface area contributed by atoms with Crippen molar-refractivity contribution in [2.24, 2.45) is 0 Å². The third-order valence-electron chi connectivity index (χ3n) is 6.40. The van der Waals surface area contributed by atoms with Crippen LogP contribution in [-0.4, -0.2) is 36.7 Å². The lowest BCUT2D eigenvalue weighted by atomic mass is 9.97. The van der Waals surface area contributed by atoms with E-state index in [1.165, 1.54) is 0 Å². The van der Waals surface area contributed by atoms with E-state index in [0.29, 0.717) is 46.6 Å². The predicted molar refractivity (Wildman–Crippen MR) is 131 cm³/mol. The first-order chi connectivity index (χ1) is 16.9. The van der Waals surface area contributed by atoms with Gasteiger partial charge < -0.3 is 23.9 Å².